The Morgan fingerprint density at radius 2 is 1.96 bits per heavy atom. The van der Waals surface area contributed by atoms with E-state index >= 15 is 0 Å². The van der Waals surface area contributed by atoms with Crippen molar-refractivity contribution in [3.8, 4) is 11.4 Å². The van der Waals surface area contributed by atoms with Crippen LogP contribution >= 0.6 is 0 Å². The second-order valence-corrected chi connectivity index (χ2v) is 6.07. The average molecular weight is 371 g/mol. The van der Waals surface area contributed by atoms with Gasteiger partial charge in [-0.05, 0) is 13.0 Å². The van der Waals surface area contributed by atoms with E-state index in [1.165, 1.54) is 6.92 Å². The normalized spacial score (nSPS) is 11.7. The molecule has 0 saturated heterocycles. The summed E-state index contributed by atoms with van der Waals surface area (Å²) >= 11 is 0. The van der Waals surface area contributed by atoms with Crippen LogP contribution in [-0.4, -0.2) is 15.9 Å². The van der Waals surface area contributed by atoms with Crippen LogP contribution in [0.4, 0.5) is 17.6 Å². The van der Waals surface area contributed by atoms with Gasteiger partial charge in [0.2, 0.25) is 5.91 Å². The Balaban J connectivity index is 2.60. The molecule has 0 unspecified atom stereocenters. The molecule has 0 bridgehead atoms. The summed E-state index contributed by atoms with van der Waals surface area (Å²) < 4.78 is 54.8. The molecule has 0 fully saturated rings. The average Bonchev–Trinajstić information content (AvgIpc) is 2.50. The van der Waals surface area contributed by atoms with Crippen LogP contribution in [0.1, 0.15) is 30.7 Å². The number of rotatable bonds is 4. The van der Waals surface area contributed by atoms with Gasteiger partial charge in [-0.25, -0.2) is 9.37 Å². The van der Waals surface area contributed by atoms with E-state index in [1.807, 2.05) is 0 Å². The fourth-order valence-electron chi connectivity index (χ4n) is 2.31. The Morgan fingerprint density at radius 1 is 1.31 bits per heavy atom. The molecule has 1 heterocycles. The molecular weight excluding hydrogens is 354 g/mol. The lowest BCUT2D eigenvalue weighted by atomic mass is 10.0. The van der Waals surface area contributed by atoms with Gasteiger partial charge in [0.05, 0.1) is 11.1 Å². The van der Waals surface area contributed by atoms with Gasteiger partial charge in [0.1, 0.15) is 11.6 Å². The van der Waals surface area contributed by atoms with Crippen molar-refractivity contribution in [2.75, 3.05) is 0 Å². The maximum Gasteiger partial charge on any atom is 0.417 e. The number of nitrogens with zero attached hydrogens (tertiary/aromatic N) is 1. The van der Waals surface area contributed by atoms with Crippen molar-refractivity contribution in [1.82, 2.24) is 15.3 Å². The molecule has 0 aliphatic rings. The Hall–Kier alpha value is -2.71. The fraction of sp³-hybridized carbons (Fsp3) is 0.353. The summed E-state index contributed by atoms with van der Waals surface area (Å²) in [6, 6.07) is 2.75. The summed E-state index contributed by atoms with van der Waals surface area (Å²) in [5.74, 6) is -2.44. The molecule has 0 radical (unpaired) electrons. The first-order chi connectivity index (χ1) is 12.0. The minimum Gasteiger partial charge on any atom is -0.352 e. The lowest BCUT2D eigenvalue weighted by molar-refractivity contribution is -0.137. The lowest BCUT2D eigenvalue weighted by Gasteiger charge is -2.16. The topological polar surface area (TPSA) is 74.8 Å². The smallest absolute Gasteiger partial charge is 0.352 e. The van der Waals surface area contributed by atoms with Gasteiger partial charge < -0.3 is 10.3 Å². The van der Waals surface area contributed by atoms with Crippen LogP contribution in [0.2, 0.25) is 0 Å². The number of nitrogens with one attached hydrogen (secondary N) is 2. The van der Waals surface area contributed by atoms with Crippen molar-refractivity contribution < 1.29 is 22.4 Å². The number of carbonyl (C=O) groups is 1. The number of carbonyl (C=O) groups excluding carboxylic acids is 1. The number of aromatic nitrogens is 2. The highest BCUT2D eigenvalue weighted by atomic mass is 19.4. The van der Waals surface area contributed by atoms with Gasteiger partial charge in [0.25, 0.3) is 5.56 Å². The van der Waals surface area contributed by atoms with Crippen LogP contribution in [0.3, 0.4) is 0 Å². The van der Waals surface area contributed by atoms with Crippen LogP contribution in [0, 0.1) is 18.7 Å². The molecule has 2 aromatic rings. The molecule has 2 rings (SSSR count). The van der Waals surface area contributed by atoms with E-state index in [0.29, 0.717) is 6.07 Å². The standard InChI is InChI=1S/C17H17F4N3O2/c1-8(2)16(26)22-7-10-4-5-11(17(19,20)21)13(14(10)18)15-23-9(3)6-12(25)24-15/h4-6,8H,7H2,1-3H3,(H,22,26)(H,23,24,25). The molecule has 1 amide bonds. The van der Waals surface area contributed by atoms with Gasteiger partial charge in [-0.3, -0.25) is 9.59 Å². The van der Waals surface area contributed by atoms with E-state index in [1.54, 1.807) is 13.8 Å². The van der Waals surface area contributed by atoms with Crippen molar-refractivity contribution in [3.05, 3.63) is 51.2 Å². The highest BCUT2D eigenvalue weighted by Crippen LogP contribution is 2.38. The van der Waals surface area contributed by atoms with E-state index < -0.39 is 34.5 Å². The lowest BCUT2D eigenvalue weighted by Crippen LogP contribution is -2.27. The molecule has 5 nitrogen and oxygen atoms in total. The number of H-pyrrole nitrogens is 1. The number of amides is 1. The Bertz CT molecular complexity index is 889. The number of hydrogen-bond acceptors (Lipinski definition) is 3. The maximum absolute atomic E-state index is 14.9. The SMILES string of the molecule is Cc1cc(=O)[nH]c(-c2c(C(F)(F)F)ccc(CNC(=O)C(C)C)c2F)n1. The first-order valence-corrected chi connectivity index (χ1v) is 7.75. The van der Waals surface area contributed by atoms with Crippen LogP contribution in [-0.2, 0) is 17.5 Å². The fourth-order valence-corrected chi connectivity index (χ4v) is 2.31. The molecule has 1 aromatic heterocycles. The zero-order chi connectivity index (χ0) is 19.6. The number of alkyl halides is 3. The summed E-state index contributed by atoms with van der Waals surface area (Å²) in [6.07, 6.45) is -4.85. The number of benzene rings is 1. The van der Waals surface area contributed by atoms with Gasteiger partial charge in [0, 0.05) is 29.8 Å². The molecule has 9 heteroatoms. The zero-order valence-corrected chi connectivity index (χ0v) is 14.3. The van der Waals surface area contributed by atoms with E-state index in [-0.39, 0.29) is 29.6 Å². The predicted molar refractivity (Wildman–Crippen MR) is 86.7 cm³/mol. The largest absolute Gasteiger partial charge is 0.417 e. The first-order valence-electron chi connectivity index (χ1n) is 7.75. The summed E-state index contributed by atoms with van der Waals surface area (Å²) in [6.45, 7) is 4.39. The third-order valence-corrected chi connectivity index (χ3v) is 3.61. The number of aryl methyl sites for hydroxylation is 1. The van der Waals surface area contributed by atoms with Crippen LogP contribution in [0.5, 0.6) is 0 Å². The summed E-state index contributed by atoms with van der Waals surface area (Å²) in [5, 5.41) is 2.45. The van der Waals surface area contributed by atoms with Crippen molar-refractivity contribution in [2.24, 2.45) is 5.92 Å². The number of halogens is 4. The molecule has 2 N–H and O–H groups in total. The minimum absolute atomic E-state index is 0.147. The molecule has 26 heavy (non-hydrogen) atoms. The highest BCUT2D eigenvalue weighted by molar-refractivity contribution is 5.77. The van der Waals surface area contributed by atoms with Gasteiger partial charge in [0.15, 0.2) is 0 Å². The quantitative estimate of drug-likeness (QED) is 0.811. The number of hydrogen-bond donors (Lipinski definition) is 2. The summed E-state index contributed by atoms with van der Waals surface area (Å²) in [7, 11) is 0. The molecule has 140 valence electrons. The third-order valence-electron chi connectivity index (χ3n) is 3.61. The van der Waals surface area contributed by atoms with Crippen LogP contribution in [0.25, 0.3) is 11.4 Å². The minimum atomic E-state index is -4.85. The van der Waals surface area contributed by atoms with E-state index in [9.17, 15) is 27.2 Å². The first kappa shape index (κ1) is 19.6. The Labute approximate surface area is 146 Å². The highest BCUT2D eigenvalue weighted by Gasteiger charge is 2.36. The number of aromatic amines is 1. The van der Waals surface area contributed by atoms with Crippen molar-refractivity contribution in [3.63, 3.8) is 0 Å². The molecule has 0 aliphatic heterocycles. The molecule has 0 aliphatic carbocycles. The molecule has 0 atom stereocenters. The second-order valence-electron chi connectivity index (χ2n) is 6.07. The third kappa shape index (κ3) is 4.27. The molecule has 1 aromatic carbocycles. The Kier molecular flexibility index (Phi) is 5.48. The van der Waals surface area contributed by atoms with E-state index in [0.717, 1.165) is 12.1 Å². The van der Waals surface area contributed by atoms with Gasteiger partial charge in [-0.2, -0.15) is 13.2 Å². The second kappa shape index (κ2) is 7.27. The summed E-state index contributed by atoms with van der Waals surface area (Å²) in [4.78, 5) is 29.2. The van der Waals surface area contributed by atoms with E-state index in [4.69, 9.17) is 0 Å². The summed E-state index contributed by atoms with van der Waals surface area (Å²) in [5.41, 5.74) is -2.81. The molecule has 0 saturated carbocycles. The molecule has 0 spiro atoms. The van der Waals surface area contributed by atoms with Gasteiger partial charge >= 0.3 is 6.18 Å². The van der Waals surface area contributed by atoms with Crippen molar-refractivity contribution in [2.45, 2.75) is 33.5 Å². The Morgan fingerprint density at radius 3 is 2.50 bits per heavy atom. The van der Waals surface area contributed by atoms with Gasteiger partial charge in [-0.1, -0.05) is 19.9 Å². The maximum atomic E-state index is 14.9. The van der Waals surface area contributed by atoms with Crippen molar-refractivity contribution >= 4 is 5.91 Å². The predicted octanol–water partition coefficient (Wildman–Crippen LogP) is 3.18. The van der Waals surface area contributed by atoms with Gasteiger partial charge in [-0.15, -0.1) is 0 Å². The van der Waals surface area contributed by atoms with Crippen molar-refractivity contribution in [1.29, 1.82) is 0 Å². The van der Waals surface area contributed by atoms with Crippen LogP contribution < -0.4 is 10.9 Å². The monoisotopic (exact) mass is 371 g/mol. The van der Waals surface area contributed by atoms with Crippen LogP contribution in [0.15, 0.2) is 23.0 Å². The van der Waals surface area contributed by atoms with E-state index in [2.05, 4.69) is 15.3 Å². The zero-order valence-electron chi connectivity index (χ0n) is 14.3. The molecular formula is C17H17F4N3O2.